The first-order valence-corrected chi connectivity index (χ1v) is 8.28. The average molecular weight is 393 g/mol. The number of halogens is 4. The summed E-state index contributed by atoms with van der Waals surface area (Å²) >= 11 is 0. The number of amides is 1. The highest BCUT2D eigenvalue weighted by Crippen LogP contribution is 2.36. The fraction of sp³-hybridized carbons (Fsp3) is 0.211. The molecule has 0 radical (unpaired) electrons. The van der Waals surface area contributed by atoms with Crippen molar-refractivity contribution in [2.24, 2.45) is 0 Å². The number of anilines is 1. The predicted octanol–water partition coefficient (Wildman–Crippen LogP) is 4.60. The second-order valence-corrected chi connectivity index (χ2v) is 6.36. The fourth-order valence-corrected chi connectivity index (χ4v) is 2.84. The minimum atomic E-state index is -4.90. The van der Waals surface area contributed by atoms with Crippen LogP contribution < -0.4 is 5.32 Å². The Balaban J connectivity index is 2.00. The van der Waals surface area contributed by atoms with Gasteiger partial charge in [0.1, 0.15) is 11.5 Å². The molecule has 3 aromatic rings. The van der Waals surface area contributed by atoms with Gasteiger partial charge in [0.05, 0.1) is 16.8 Å². The molecular weight excluding hydrogens is 378 g/mol. The maximum Gasteiger partial charge on any atom is 0.418 e. The first kappa shape index (κ1) is 19.5. The zero-order valence-electron chi connectivity index (χ0n) is 14.8. The number of aromatic nitrogens is 2. The minimum absolute atomic E-state index is 0.0285. The van der Waals surface area contributed by atoms with Gasteiger partial charge < -0.3 is 9.88 Å². The van der Waals surface area contributed by atoms with Gasteiger partial charge in [-0.3, -0.25) is 9.59 Å². The maximum atomic E-state index is 13.9. The van der Waals surface area contributed by atoms with Gasteiger partial charge in [0, 0.05) is 23.8 Å². The van der Waals surface area contributed by atoms with Crippen LogP contribution in [0.25, 0.3) is 11.0 Å². The third-order valence-corrected chi connectivity index (χ3v) is 4.15. The molecule has 2 aromatic heterocycles. The van der Waals surface area contributed by atoms with Crippen molar-refractivity contribution in [1.29, 1.82) is 0 Å². The highest BCUT2D eigenvalue weighted by atomic mass is 19.4. The second kappa shape index (κ2) is 7.06. The maximum absolute atomic E-state index is 13.9. The number of benzene rings is 1. The molecule has 1 amide bonds. The summed E-state index contributed by atoms with van der Waals surface area (Å²) in [6.45, 7) is 3.69. The number of fused-ring (bicyclic) bond motifs is 1. The van der Waals surface area contributed by atoms with Crippen LogP contribution in [0.4, 0.5) is 23.2 Å². The number of rotatable bonds is 4. The Morgan fingerprint density at radius 3 is 2.50 bits per heavy atom. The molecule has 3 rings (SSSR count). The van der Waals surface area contributed by atoms with Crippen molar-refractivity contribution in [1.82, 2.24) is 9.55 Å². The lowest BCUT2D eigenvalue weighted by Gasteiger charge is -2.14. The number of Topliss-reactive ketones (excluding diaryl/α,β-unsaturated/α-hetero) is 1. The van der Waals surface area contributed by atoms with Gasteiger partial charge in [-0.05, 0) is 38.1 Å². The molecule has 0 aliphatic rings. The van der Waals surface area contributed by atoms with Crippen LogP contribution in [-0.2, 0) is 11.0 Å². The third kappa shape index (κ3) is 3.47. The lowest BCUT2D eigenvalue weighted by molar-refractivity contribution is -0.137. The summed E-state index contributed by atoms with van der Waals surface area (Å²) in [6, 6.07) is 5.33. The molecule has 0 saturated heterocycles. The Hall–Kier alpha value is -3.23. The van der Waals surface area contributed by atoms with Crippen LogP contribution in [0.3, 0.4) is 0 Å². The molecule has 9 heteroatoms. The topological polar surface area (TPSA) is 64.0 Å². The molecule has 146 valence electrons. The molecule has 0 unspecified atom stereocenters. The standard InChI is InChI=1S/C19H15F4N3O2/c1-10(2)26-9-12(11-5-4-8-24-17(11)26)16(27)18(28)25-15-13(19(21,22)23)6-3-7-14(15)20/h3-10H,1-2H3,(H,25,28). The lowest BCUT2D eigenvalue weighted by atomic mass is 10.1. The summed E-state index contributed by atoms with van der Waals surface area (Å²) in [6.07, 6.45) is -1.97. The molecule has 0 spiro atoms. The first-order chi connectivity index (χ1) is 13.1. The van der Waals surface area contributed by atoms with E-state index < -0.39 is 34.9 Å². The van der Waals surface area contributed by atoms with Gasteiger partial charge in [0.25, 0.3) is 11.7 Å². The van der Waals surface area contributed by atoms with E-state index in [0.717, 1.165) is 12.1 Å². The van der Waals surface area contributed by atoms with Gasteiger partial charge in [-0.15, -0.1) is 0 Å². The smallest absolute Gasteiger partial charge is 0.329 e. The lowest BCUT2D eigenvalue weighted by Crippen LogP contribution is -2.25. The van der Waals surface area contributed by atoms with Crippen LogP contribution >= 0.6 is 0 Å². The monoisotopic (exact) mass is 393 g/mol. The van der Waals surface area contributed by atoms with Gasteiger partial charge in [0.2, 0.25) is 0 Å². The Morgan fingerprint density at radius 2 is 1.86 bits per heavy atom. The normalized spacial score (nSPS) is 11.8. The summed E-state index contributed by atoms with van der Waals surface area (Å²) in [5.41, 5.74) is -2.03. The molecule has 0 saturated carbocycles. The molecular formula is C19H15F4N3O2. The number of carbonyl (C=O) groups is 2. The highest BCUT2D eigenvalue weighted by Gasteiger charge is 2.36. The van der Waals surface area contributed by atoms with Crippen molar-refractivity contribution in [2.75, 3.05) is 5.32 Å². The molecule has 0 bridgehead atoms. The molecule has 5 nitrogen and oxygen atoms in total. The number of nitrogens with zero attached hydrogens (tertiary/aromatic N) is 2. The number of carbonyl (C=O) groups excluding carboxylic acids is 2. The van der Waals surface area contributed by atoms with Crippen molar-refractivity contribution < 1.29 is 27.2 Å². The van der Waals surface area contributed by atoms with Gasteiger partial charge >= 0.3 is 6.18 Å². The summed E-state index contributed by atoms with van der Waals surface area (Å²) in [5.74, 6) is -3.75. The van der Waals surface area contributed by atoms with Gasteiger partial charge in [-0.2, -0.15) is 13.2 Å². The number of nitrogens with one attached hydrogen (secondary N) is 1. The molecule has 1 N–H and O–H groups in total. The van der Waals surface area contributed by atoms with Crippen LogP contribution in [0, 0.1) is 5.82 Å². The quantitative estimate of drug-likeness (QED) is 0.400. The Kier molecular flexibility index (Phi) is 4.93. The van der Waals surface area contributed by atoms with Crippen LogP contribution in [0.2, 0.25) is 0 Å². The Bertz CT molecular complexity index is 1070. The summed E-state index contributed by atoms with van der Waals surface area (Å²) in [5, 5.41) is 2.15. The summed E-state index contributed by atoms with van der Waals surface area (Å²) in [7, 11) is 0. The van der Waals surface area contributed by atoms with E-state index in [9.17, 15) is 27.2 Å². The van der Waals surface area contributed by atoms with Gasteiger partial charge in [0.15, 0.2) is 0 Å². The van der Waals surface area contributed by atoms with E-state index >= 15 is 0 Å². The molecule has 0 atom stereocenters. The Labute approximate surface area is 157 Å². The first-order valence-electron chi connectivity index (χ1n) is 8.28. The van der Waals surface area contributed by atoms with E-state index in [4.69, 9.17) is 0 Å². The van der Waals surface area contributed by atoms with Crippen molar-refractivity contribution in [3.8, 4) is 0 Å². The summed E-state index contributed by atoms with van der Waals surface area (Å²) < 4.78 is 54.9. The van der Waals surface area contributed by atoms with Gasteiger partial charge in [-0.25, -0.2) is 9.37 Å². The number of pyridine rings is 1. The predicted molar refractivity (Wildman–Crippen MR) is 94.5 cm³/mol. The Morgan fingerprint density at radius 1 is 1.14 bits per heavy atom. The van der Waals surface area contributed by atoms with E-state index in [1.54, 1.807) is 22.0 Å². The number of hydrogen-bond donors (Lipinski definition) is 1. The van der Waals surface area contributed by atoms with E-state index in [-0.39, 0.29) is 11.6 Å². The van der Waals surface area contributed by atoms with Crippen molar-refractivity contribution in [2.45, 2.75) is 26.1 Å². The average Bonchev–Trinajstić information content (AvgIpc) is 3.01. The minimum Gasteiger partial charge on any atom is -0.329 e. The highest BCUT2D eigenvalue weighted by molar-refractivity contribution is 6.48. The molecule has 0 aliphatic carbocycles. The number of para-hydroxylation sites is 1. The van der Waals surface area contributed by atoms with Crippen molar-refractivity contribution in [3.05, 3.63) is 59.7 Å². The van der Waals surface area contributed by atoms with Gasteiger partial charge in [-0.1, -0.05) is 6.07 Å². The number of alkyl halides is 3. The van der Waals surface area contributed by atoms with Crippen molar-refractivity contribution in [3.63, 3.8) is 0 Å². The largest absolute Gasteiger partial charge is 0.418 e. The van der Waals surface area contributed by atoms with Crippen LogP contribution in [0.15, 0.2) is 42.7 Å². The van der Waals surface area contributed by atoms with Crippen molar-refractivity contribution >= 4 is 28.4 Å². The third-order valence-electron chi connectivity index (χ3n) is 4.15. The van der Waals surface area contributed by atoms with Crippen LogP contribution in [0.1, 0.15) is 35.8 Å². The number of ketones is 1. The number of hydrogen-bond acceptors (Lipinski definition) is 3. The summed E-state index contributed by atoms with van der Waals surface area (Å²) in [4.78, 5) is 29.1. The van der Waals surface area contributed by atoms with Crippen LogP contribution in [0.5, 0.6) is 0 Å². The van der Waals surface area contributed by atoms with E-state index in [1.807, 2.05) is 13.8 Å². The molecule has 28 heavy (non-hydrogen) atoms. The van der Waals surface area contributed by atoms with Crippen LogP contribution in [-0.4, -0.2) is 21.2 Å². The molecule has 0 aliphatic heterocycles. The fourth-order valence-electron chi connectivity index (χ4n) is 2.84. The second-order valence-electron chi connectivity index (χ2n) is 6.36. The zero-order chi connectivity index (χ0) is 20.6. The van der Waals surface area contributed by atoms with E-state index in [0.29, 0.717) is 17.1 Å². The SMILES string of the molecule is CC(C)n1cc(C(=O)C(=O)Nc2c(F)cccc2C(F)(F)F)c2cccnc21. The molecule has 2 heterocycles. The molecule has 1 aromatic carbocycles. The molecule has 0 fully saturated rings. The zero-order valence-corrected chi connectivity index (χ0v) is 14.8. The van der Waals surface area contributed by atoms with E-state index in [1.165, 1.54) is 12.4 Å². The van der Waals surface area contributed by atoms with E-state index in [2.05, 4.69) is 4.98 Å².